The van der Waals surface area contributed by atoms with Gasteiger partial charge in [-0.05, 0) is 35.9 Å². The normalized spacial score (nSPS) is 11.2. The van der Waals surface area contributed by atoms with Crippen LogP contribution in [0.25, 0.3) is 11.0 Å². The van der Waals surface area contributed by atoms with Gasteiger partial charge in [-0.2, -0.15) is 0 Å². The van der Waals surface area contributed by atoms with Crippen LogP contribution < -0.4 is 5.32 Å². The molecule has 3 nitrogen and oxygen atoms in total. The van der Waals surface area contributed by atoms with E-state index >= 15 is 0 Å². The highest BCUT2D eigenvalue weighted by molar-refractivity contribution is 9.10. The van der Waals surface area contributed by atoms with Gasteiger partial charge in [0.15, 0.2) is 0 Å². The summed E-state index contributed by atoms with van der Waals surface area (Å²) in [5.74, 6) is 0.737. The molecule has 0 amide bonds. The lowest BCUT2D eigenvalue weighted by Crippen LogP contribution is -2.16. The molecule has 2 aromatic carbocycles. The number of imidazole rings is 1. The second kappa shape index (κ2) is 5.95. The third kappa shape index (κ3) is 2.99. The molecule has 5 heteroatoms. The molecule has 0 aliphatic rings. The first kappa shape index (κ1) is 14.2. The first-order chi connectivity index (χ1) is 10.1. The van der Waals surface area contributed by atoms with Crippen molar-refractivity contribution in [2.45, 2.75) is 13.1 Å². The number of hydrogen-bond donors (Lipinski definition) is 1. The number of benzene rings is 2. The highest BCUT2D eigenvalue weighted by Crippen LogP contribution is 2.18. The van der Waals surface area contributed by atoms with E-state index in [1.54, 1.807) is 6.07 Å². The van der Waals surface area contributed by atoms with E-state index in [9.17, 15) is 4.39 Å². The second-order valence-electron chi connectivity index (χ2n) is 4.92. The molecule has 0 radical (unpaired) electrons. The molecular weight excluding hydrogens is 333 g/mol. The lowest BCUT2D eigenvalue weighted by molar-refractivity contribution is 0.613. The van der Waals surface area contributed by atoms with Crippen molar-refractivity contribution < 1.29 is 4.39 Å². The number of aryl methyl sites for hydroxylation is 1. The molecular formula is C16H15BrFN3. The summed E-state index contributed by atoms with van der Waals surface area (Å²) in [5, 5.41) is 3.31. The molecule has 1 N–H and O–H groups in total. The summed E-state index contributed by atoms with van der Waals surface area (Å²) >= 11 is 3.43. The van der Waals surface area contributed by atoms with Gasteiger partial charge in [-0.1, -0.05) is 28.1 Å². The van der Waals surface area contributed by atoms with Crippen LogP contribution in [0.3, 0.4) is 0 Å². The number of nitrogens with one attached hydrogen (secondary N) is 1. The Kier molecular flexibility index (Phi) is 4.03. The molecule has 3 rings (SSSR count). The summed E-state index contributed by atoms with van der Waals surface area (Å²) in [7, 11) is 2.00. The van der Waals surface area contributed by atoms with Crippen LogP contribution in [0.5, 0.6) is 0 Å². The Labute approximate surface area is 130 Å². The largest absolute Gasteiger partial charge is 0.330 e. The molecule has 0 saturated heterocycles. The summed E-state index contributed by atoms with van der Waals surface area (Å²) in [4.78, 5) is 4.60. The Hall–Kier alpha value is -1.72. The predicted octanol–water partition coefficient (Wildman–Crippen LogP) is 3.76. The molecule has 0 aliphatic carbocycles. The van der Waals surface area contributed by atoms with Crippen LogP contribution in [-0.4, -0.2) is 9.55 Å². The van der Waals surface area contributed by atoms with Crippen LogP contribution in [0.4, 0.5) is 4.39 Å². The fourth-order valence-electron chi connectivity index (χ4n) is 2.34. The summed E-state index contributed by atoms with van der Waals surface area (Å²) in [6.07, 6.45) is 0. The molecule has 3 aromatic rings. The van der Waals surface area contributed by atoms with Gasteiger partial charge in [-0.3, -0.25) is 0 Å². The van der Waals surface area contributed by atoms with E-state index < -0.39 is 0 Å². The second-order valence-corrected chi connectivity index (χ2v) is 5.77. The number of halogens is 2. The molecule has 0 spiro atoms. The van der Waals surface area contributed by atoms with Crippen molar-refractivity contribution in [3.63, 3.8) is 0 Å². The molecule has 0 bridgehead atoms. The third-order valence-corrected chi connectivity index (χ3v) is 4.26. The molecule has 1 aromatic heterocycles. The van der Waals surface area contributed by atoms with Crippen molar-refractivity contribution >= 4 is 27.0 Å². The molecule has 21 heavy (non-hydrogen) atoms. The van der Waals surface area contributed by atoms with Crippen molar-refractivity contribution in [3.8, 4) is 0 Å². The Morgan fingerprint density at radius 3 is 2.81 bits per heavy atom. The number of hydrogen-bond acceptors (Lipinski definition) is 2. The molecule has 0 saturated carbocycles. The SMILES string of the molecule is Cn1c(CNCc2cc(F)ccc2Br)nc2ccccc21. The zero-order valence-corrected chi connectivity index (χ0v) is 13.2. The van der Waals surface area contributed by atoms with Crippen molar-refractivity contribution in [3.05, 3.63) is 64.1 Å². The number of para-hydroxylation sites is 2. The Morgan fingerprint density at radius 2 is 2.00 bits per heavy atom. The average Bonchev–Trinajstić information content (AvgIpc) is 2.80. The van der Waals surface area contributed by atoms with E-state index in [0.717, 1.165) is 26.9 Å². The summed E-state index contributed by atoms with van der Waals surface area (Å²) in [5.41, 5.74) is 3.00. The molecule has 108 valence electrons. The number of aromatic nitrogens is 2. The number of fused-ring (bicyclic) bond motifs is 1. The van der Waals surface area contributed by atoms with Gasteiger partial charge in [0.2, 0.25) is 0 Å². The number of rotatable bonds is 4. The maximum Gasteiger partial charge on any atom is 0.123 e. The van der Waals surface area contributed by atoms with Gasteiger partial charge in [-0.15, -0.1) is 0 Å². The molecule has 0 atom stereocenters. The molecule has 0 unspecified atom stereocenters. The van der Waals surface area contributed by atoms with Crippen molar-refractivity contribution in [2.24, 2.45) is 7.05 Å². The van der Waals surface area contributed by atoms with E-state index in [4.69, 9.17) is 0 Å². The summed E-state index contributed by atoms with van der Waals surface area (Å²) in [6.45, 7) is 1.22. The van der Waals surface area contributed by atoms with Gasteiger partial charge in [0, 0.05) is 18.1 Å². The number of nitrogens with zero attached hydrogens (tertiary/aromatic N) is 2. The van der Waals surface area contributed by atoms with Crippen LogP contribution in [0, 0.1) is 5.82 Å². The van der Waals surface area contributed by atoms with Crippen molar-refractivity contribution in [1.29, 1.82) is 0 Å². The van der Waals surface area contributed by atoms with Crippen LogP contribution in [0.2, 0.25) is 0 Å². The monoisotopic (exact) mass is 347 g/mol. The fraction of sp³-hybridized carbons (Fsp3) is 0.188. The predicted molar refractivity (Wildman–Crippen MR) is 85.4 cm³/mol. The summed E-state index contributed by atoms with van der Waals surface area (Å²) < 4.78 is 16.2. The van der Waals surface area contributed by atoms with Crippen LogP contribution >= 0.6 is 15.9 Å². The topological polar surface area (TPSA) is 29.9 Å². The maximum absolute atomic E-state index is 13.2. The molecule has 0 fully saturated rings. The third-order valence-electron chi connectivity index (χ3n) is 3.49. The van der Waals surface area contributed by atoms with Gasteiger partial charge in [0.25, 0.3) is 0 Å². The Balaban J connectivity index is 1.72. The van der Waals surface area contributed by atoms with Gasteiger partial charge in [0.1, 0.15) is 11.6 Å². The fourth-order valence-corrected chi connectivity index (χ4v) is 2.73. The summed E-state index contributed by atoms with van der Waals surface area (Å²) in [6, 6.07) is 12.7. The minimum Gasteiger partial charge on any atom is -0.330 e. The van der Waals surface area contributed by atoms with Crippen LogP contribution in [0.1, 0.15) is 11.4 Å². The van der Waals surface area contributed by atoms with Gasteiger partial charge in [0.05, 0.1) is 17.6 Å². The van der Waals surface area contributed by atoms with Crippen LogP contribution in [-0.2, 0) is 20.1 Å². The zero-order valence-electron chi connectivity index (χ0n) is 11.6. The zero-order chi connectivity index (χ0) is 14.8. The highest BCUT2D eigenvalue weighted by Gasteiger charge is 2.07. The minimum absolute atomic E-state index is 0.224. The van der Waals surface area contributed by atoms with E-state index in [2.05, 4.69) is 36.9 Å². The lowest BCUT2D eigenvalue weighted by Gasteiger charge is -2.07. The van der Waals surface area contributed by atoms with E-state index in [1.807, 2.05) is 25.2 Å². The molecule has 0 aliphatic heterocycles. The van der Waals surface area contributed by atoms with Crippen LogP contribution in [0.15, 0.2) is 46.9 Å². The standard InChI is InChI=1S/C16H15BrFN3/c1-21-15-5-3-2-4-14(15)20-16(21)10-19-9-11-8-12(18)6-7-13(11)17/h2-8,19H,9-10H2,1H3. The first-order valence-electron chi connectivity index (χ1n) is 6.70. The lowest BCUT2D eigenvalue weighted by atomic mass is 10.2. The first-order valence-corrected chi connectivity index (χ1v) is 7.49. The van der Waals surface area contributed by atoms with E-state index in [0.29, 0.717) is 13.1 Å². The van der Waals surface area contributed by atoms with Crippen molar-refractivity contribution in [2.75, 3.05) is 0 Å². The molecule has 1 heterocycles. The quantitative estimate of drug-likeness (QED) is 0.778. The smallest absolute Gasteiger partial charge is 0.123 e. The maximum atomic E-state index is 13.2. The van der Waals surface area contributed by atoms with Gasteiger partial charge >= 0.3 is 0 Å². The average molecular weight is 348 g/mol. The Bertz CT molecular complexity index is 782. The Morgan fingerprint density at radius 1 is 1.19 bits per heavy atom. The van der Waals surface area contributed by atoms with Crippen molar-refractivity contribution in [1.82, 2.24) is 14.9 Å². The van der Waals surface area contributed by atoms with E-state index in [-0.39, 0.29) is 5.82 Å². The van der Waals surface area contributed by atoms with Gasteiger partial charge in [-0.25, -0.2) is 9.37 Å². The van der Waals surface area contributed by atoms with Gasteiger partial charge < -0.3 is 9.88 Å². The van der Waals surface area contributed by atoms with E-state index in [1.165, 1.54) is 12.1 Å². The minimum atomic E-state index is -0.224. The highest BCUT2D eigenvalue weighted by atomic mass is 79.9.